The zero-order chi connectivity index (χ0) is 32.6. The normalized spacial score (nSPS) is 11.6. The number of non-ortho nitro benzene ring substituents is 1. The molecule has 4 aromatic carbocycles. The van der Waals surface area contributed by atoms with Crippen molar-refractivity contribution in [1.82, 2.24) is 0 Å². The first kappa shape index (κ1) is 31.6. The van der Waals surface area contributed by atoms with Crippen LogP contribution in [0.3, 0.4) is 0 Å². The van der Waals surface area contributed by atoms with E-state index in [-0.39, 0.29) is 29.1 Å². The van der Waals surface area contributed by atoms with Crippen molar-refractivity contribution in [2.45, 2.75) is 12.5 Å². The minimum Gasteiger partial charge on any atom is -0.457 e. The Kier molecular flexibility index (Phi) is 9.81. The summed E-state index contributed by atoms with van der Waals surface area (Å²) in [5.74, 6) is -0.472. The van der Waals surface area contributed by atoms with Crippen LogP contribution < -0.4 is 16.4 Å². The Labute approximate surface area is 268 Å². The van der Waals surface area contributed by atoms with E-state index in [1.807, 2.05) is 0 Å². The van der Waals surface area contributed by atoms with Gasteiger partial charge in [0.1, 0.15) is 11.5 Å². The van der Waals surface area contributed by atoms with E-state index in [0.717, 1.165) is 5.56 Å². The number of furan rings is 1. The molecule has 2 amide bonds. The summed E-state index contributed by atoms with van der Waals surface area (Å²) in [5.41, 5.74) is 8.74. The van der Waals surface area contributed by atoms with E-state index in [9.17, 15) is 24.5 Å². The summed E-state index contributed by atoms with van der Waals surface area (Å²) in [6.45, 7) is 0. The van der Waals surface area contributed by atoms with E-state index < -0.39 is 22.8 Å². The number of hydrogen-bond donors (Lipinski definition) is 3. The number of nitrogens with one attached hydrogen (secondary N) is 2. The topological polar surface area (TPSA) is 158 Å². The van der Waals surface area contributed by atoms with Crippen molar-refractivity contribution in [2.24, 2.45) is 5.73 Å². The number of ketones is 1. The fraction of sp³-hybridized carbons (Fsp3) is 0.0571. The number of carbonyl (C=O) groups is 3. The van der Waals surface area contributed by atoms with Crippen molar-refractivity contribution in [2.75, 3.05) is 10.6 Å². The van der Waals surface area contributed by atoms with E-state index in [2.05, 4.69) is 10.6 Å². The van der Waals surface area contributed by atoms with Crippen LogP contribution in [0.25, 0.3) is 17.4 Å². The summed E-state index contributed by atoms with van der Waals surface area (Å²) in [5, 5.41) is 16.9. The molecule has 0 saturated carbocycles. The highest BCUT2D eigenvalue weighted by Crippen LogP contribution is 2.26. The molecule has 10 nitrogen and oxygen atoms in total. The molecule has 1 atom stereocenters. The van der Waals surface area contributed by atoms with Gasteiger partial charge in [-0.2, -0.15) is 0 Å². The van der Waals surface area contributed by atoms with Crippen molar-refractivity contribution in [3.8, 4) is 11.3 Å². The average Bonchev–Trinajstić information content (AvgIpc) is 3.55. The quantitative estimate of drug-likeness (QED) is 0.0617. The minimum absolute atomic E-state index is 0.0335. The van der Waals surface area contributed by atoms with Gasteiger partial charge in [0.05, 0.1) is 16.7 Å². The minimum atomic E-state index is -0.895. The Morgan fingerprint density at radius 2 is 1.61 bits per heavy atom. The van der Waals surface area contributed by atoms with Gasteiger partial charge in [-0.15, -0.1) is 0 Å². The van der Waals surface area contributed by atoms with Gasteiger partial charge in [0.2, 0.25) is 11.8 Å². The van der Waals surface area contributed by atoms with Crippen molar-refractivity contribution in [3.63, 3.8) is 0 Å². The smallest absolute Gasteiger partial charge is 0.269 e. The number of nitrogens with two attached hydrogens (primary N) is 1. The monoisotopic (exact) mass is 634 g/mol. The lowest BCUT2D eigenvalue weighted by Crippen LogP contribution is -2.37. The summed E-state index contributed by atoms with van der Waals surface area (Å²) < 4.78 is 5.75. The zero-order valence-electron chi connectivity index (χ0n) is 24.2. The zero-order valence-corrected chi connectivity index (χ0v) is 24.9. The second kappa shape index (κ2) is 14.3. The SMILES string of the molecule is N[C@@H](Cc1ccc(Cl)cc1)C(=O)Nc1ccc(NC(=O)/C=C/c2ccc(-c3ccc([N+](=O)[O-])cc3)o2)cc1C(=O)c1ccccc1. The van der Waals surface area contributed by atoms with Crippen LogP contribution in [-0.2, 0) is 16.0 Å². The number of nitrogens with zero attached hydrogens (tertiary/aromatic N) is 1. The number of anilines is 2. The molecule has 0 radical (unpaired) electrons. The lowest BCUT2D eigenvalue weighted by atomic mass is 10.00. The van der Waals surface area contributed by atoms with Crippen LogP contribution in [0.5, 0.6) is 0 Å². The third-order valence-electron chi connectivity index (χ3n) is 6.92. The summed E-state index contributed by atoms with van der Waals surface area (Å²) in [7, 11) is 0. The number of benzene rings is 4. The van der Waals surface area contributed by atoms with Crippen LogP contribution in [0, 0.1) is 10.1 Å². The van der Waals surface area contributed by atoms with Gasteiger partial charge in [-0.05, 0) is 72.7 Å². The number of amides is 2. The van der Waals surface area contributed by atoms with Crippen LogP contribution in [0.2, 0.25) is 5.02 Å². The van der Waals surface area contributed by atoms with E-state index >= 15 is 0 Å². The predicted octanol–water partition coefficient (Wildman–Crippen LogP) is 6.90. The van der Waals surface area contributed by atoms with Gasteiger partial charge in [-0.1, -0.05) is 54.1 Å². The van der Waals surface area contributed by atoms with Crippen molar-refractivity contribution in [3.05, 3.63) is 153 Å². The lowest BCUT2D eigenvalue weighted by Gasteiger charge is -2.16. The molecule has 0 unspecified atom stereocenters. The Bertz CT molecular complexity index is 1920. The van der Waals surface area contributed by atoms with Crippen molar-refractivity contribution in [1.29, 1.82) is 0 Å². The molecule has 4 N–H and O–H groups in total. The van der Waals surface area contributed by atoms with Crippen molar-refractivity contribution >= 4 is 52.3 Å². The molecule has 0 aliphatic heterocycles. The molecular formula is C35H27ClN4O6. The Hall–Kier alpha value is -5.84. The van der Waals surface area contributed by atoms with Gasteiger partial charge < -0.3 is 20.8 Å². The second-order valence-corrected chi connectivity index (χ2v) is 10.6. The largest absolute Gasteiger partial charge is 0.457 e. The van der Waals surface area contributed by atoms with E-state index in [4.69, 9.17) is 21.8 Å². The fourth-order valence-electron chi connectivity index (χ4n) is 4.54. The molecule has 230 valence electrons. The van der Waals surface area contributed by atoms with Crippen LogP contribution >= 0.6 is 11.6 Å². The van der Waals surface area contributed by atoms with Gasteiger partial charge >= 0.3 is 0 Å². The highest BCUT2D eigenvalue weighted by Gasteiger charge is 2.20. The van der Waals surface area contributed by atoms with Gasteiger partial charge in [-0.25, -0.2) is 0 Å². The molecule has 1 aromatic heterocycles. The molecule has 0 fully saturated rings. The average molecular weight is 635 g/mol. The van der Waals surface area contributed by atoms with E-state index in [0.29, 0.717) is 33.4 Å². The maximum absolute atomic E-state index is 13.5. The third kappa shape index (κ3) is 8.00. The summed E-state index contributed by atoms with van der Waals surface area (Å²) in [4.78, 5) is 49.7. The summed E-state index contributed by atoms with van der Waals surface area (Å²) in [6, 6.07) is 28.5. The number of carbonyl (C=O) groups excluding carboxylic acids is 3. The first-order chi connectivity index (χ1) is 22.2. The van der Waals surface area contributed by atoms with Crippen LogP contribution in [0.4, 0.5) is 17.1 Å². The van der Waals surface area contributed by atoms with Crippen LogP contribution in [0.15, 0.2) is 120 Å². The molecular weight excluding hydrogens is 608 g/mol. The van der Waals surface area contributed by atoms with Gasteiger partial charge in [0.25, 0.3) is 5.69 Å². The molecule has 0 saturated heterocycles. The number of rotatable bonds is 11. The second-order valence-electron chi connectivity index (χ2n) is 10.2. The predicted molar refractivity (Wildman–Crippen MR) is 177 cm³/mol. The maximum atomic E-state index is 13.5. The molecule has 0 bridgehead atoms. The summed E-state index contributed by atoms with van der Waals surface area (Å²) in [6.07, 6.45) is 3.00. The number of hydrogen-bond acceptors (Lipinski definition) is 7. The highest BCUT2D eigenvalue weighted by atomic mass is 35.5. The molecule has 1 heterocycles. The van der Waals surface area contributed by atoms with Crippen LogP contribution in [-0.4, -0.2) is 28.6 Å². The molecule has 11 heteroatoms. The van der Waals surface area contributed by atoms with Crippen LogP contribution in [0.1, 0.15) is 27.2 Å². The lowest BCUT2D eigenvalue weighted by molar-refractivity contribution is -0.384. The standard InChI is InChI=1S/C35H27ClN4O6/c36-25-10-6-22(7-11-25)20-30(37)35(43)39-31-17-12-26(21-29(31)34(42)24-4-2-1-3-5-24)38-33(41)19-16-28-15-18-32(46-28)23-8-13-27(14-9-23)40(44)45/h1-19,21,30H,20,37H2,(H,38,41)(H,39,43)/b19-16+/t30-/m0/s1. The molecule has 0 aliphatic carbocycles. The highest BCUT2D eigenvalue weighted by molar-refractivity contribution is 6.30. The third-order valence-corrected chi connectivity index (χ3v) is 7.17. The Morgan fingerprint density at radius 1 is 0.891 bits per heavy atom. The Morgan fingerprint density at radius 3 is 2.30 bits per heavy atom. The van der Waals surface area contributed by atoms with E-state index in [1.54, 1.807) is 84.9 Å². The molecule has 0 aliphatic rings. The molecule has 46 heavy (non-hydrogen) atoms. The first-order valence-corrected chi connectivity index (χ1v) is 14.4. The fourth-order valence-corrected chi connectivity index (χ4v) is 4.67. The van der Waals surface area contributed by atoms with Gasteiger partial charge in [-0.3, -0.25) is 24.5 Å². The number of nitro benzene ring substituents is 1. The summed E-state index contributed by atoms with van der Waals surface area (Å²) >= 11 is 5.95. The maximum Gasteiger partial charge on any atom is 0.269 e. The van der Waals surface area contributed by atoms with Crippen molar-refractivity contribution < 1.29 is 23.7 Å². The number of halogens is 1. The number of nitro groups is 1. The molecule has 0 spiro atoms. The molecule has 5 aromatic rings. The van der Waals surface area contributed by atoms with E-state index in [1.165, 1.54) is 36.4 Å². The molecule has 5 rings (SSSR count). The van der Waals surface area contributed by atoms with Gasteiger partial charge in [0, 0.05) is 45.6 Å². The Balaban J connectivity index is 1.30. The first-order valence-electron chi connectivity index (χ1n) is 14.0. The van der Waals surface area contributed by atoms with Gasteiger partial charge in [0.15, 0.2) is 5.78 Å².